The van der Waals surface area contributed by atoms with Gasteiger partial charge in [0.15, 0.2) is 0 Å². The highest BCUT2D eigenvalue weighted by Gasteiger charge is 2.21. The summed E-state index contributed by atoms with van der Waals surface area (Å²) >= 11 is 0. The van der Waals surface area contributed by atoms with Crippen LogP contribution in [-0.2, 0) is 0 Å². The predicted molar refractivity (Wildman–Crippen MR) is 67.1 cm³/mol. The van der Waals surface area contributed by atoms with Crippen molar-refractivity contribution in [2.24, 2.45) is 0 Å². The Bertz CT molecular complexity index is 420. The maximum absolute atomic E-state index is 9.36. The predicted octanol–water partition coefficient (Wildman–Crippen LogP) is 2.14. The van der Waals surface area contributed by atoms with Crippen LogP contribution < -0.4 is 10.1 Å². The molecule has 1 aromatic carbocycles. The Hall–Kier alpha value is -1.73. The second-order valence-electron chi connectivity index (χ2n) is 4.22. The molecule has 92 valence electrons. The summed E-state index contributed by atoms with van der Waals surface area (Å²) in [6.07, 6.45) is 0.756. The van der Waals surface area contributed by atoms with Gasteiger partial charge in [-0.05, 0) is 25.5 Å². The Balaban J connectivity index is 3.07. The molecule has 0 aromatic heterocycles. The zero-order valence-electron chi connectivity index (χ0n) is 10.4. The summed E-state index contributed by atoms with van der Waals surface area (Å²) in [6.45, 7) is 3.90. The molecule has 0 saturated carbocycles. The quantitative estimate of drug-likeness (QED) is 0.819. The van der Waals surface area contributed by atoms with E-state index in [-0.39, 0.29) is 6.61 Å². The van der Waals surface area contributed by atoms with Crippen LogP contribution in [0, 0.1) is 11.3 Å². The van der Waals surface area contributed by atoms with Crippen LogP contribution in [0.5, 0.6) is 5.75 Å². The smallest absolute Gasteiger partial charge is 0.121 e. The molecule has 0 aliphatic rings. The number of benzene rings is 1. The van der Waals surface area contributed by atoms with E-state index in [4.69, 9.17) is 10.00 Å². The van der Waals surface area contributed by atoms with E-state index < -0.39 is 5.54 Å². The van der Waals surface area contributed by atoms with Crippen LogP contribution in [0.3, 0.4) is 0 Å². The van der Waals surface area contributed by atoms with Crippen LogP contribution >= 0.6 is 0 Å². The van der Waals surface area contributed by atoms with Gasteiger partial charge in [0.2, 0.25) is 0 Å². The summed E-state index contributed by atoms with van der Waals surface area (Å²) in [5.41, 5.74) is 0.794. The molecule has 0 bridgehead atoms. The van der Waals surface area contributed by atoms with Gasteiger partial charge in [0, 0.05) is 6.07 Å². The monoisotopic (exact) mass is 234 g/mol. The Labute approximate surface area is 102 Å². The lowest BCUT2D eigenvalue weighted by Gasteiger charge is -2.29. The van der Waals surface area contributed by atoms with Gasteiger partial charge in [-0.1, -0.05) is 6.92 Å². The largest absolute Gasteiger partial charge is 0.497 e. The number of rotatable bonds is 5. The fourth-order valence-electron chi connectivity index (χ4n) is 1.42. The Morgan fingerprint density at radius 3 is 2.71 bits per heavy atom. The molecule has 0 aliphatic heterocycles. The third-order valence-corrected chi connectivity index (χ3v) is 2.91. The molecule has 1 aromatic rings. The molecular formula is C13H18N2O2. The van der Waals surface area contributed by atoms with E-state index in [9.17, 15) is 5.11 Å². The van der Waals surface area contributed by atoms with Crippen LogP contribution in [0.25, 0.3) is 0 Å². The average molecular weight is 234 g/mol. The van der Waals surface area contributed by atoms with Crippen LogP contribution in [0.2, 0.25) is 0 Å². The molecule has 4 heteroatoms. The van der Waals surface area contributed by atoms with Gasteiger partial charge >= 0.3 is 0 Å². The molecule has 2 N–H and O–H groups in total. The van der Waals surface area contributed by atoms with E-state index in [2.05, 4.69) is 11.4 Å². The first-order valence-corrected chi connectivity index (χ1v) is 5.55. The fourth-order valence-corrected chi connectivity index (χ4v) is 1.42. The number of anilines is 1. The van der Waals surface area contributed by atoms with Gasteiger partial charge in [-0.2, -0.15) is 5.26 Å². The van der Waals surface area contributed by atoms with Crippen molar-refractivity contribution in [3.8, 4) is 11.8 Å². The van der Waals surface area contributed by atoms with E-state index in [1.165, 1.54) is 0 Å². The van der Waals surface area contributed by atoms with Gasteiger partial charge in [0.1, 0.15) is 11.8 Å². The molecule has 1 atom stereocenters. The highest BCUT2D eigenvalue weighted by Crippen LogP contribution is 2.26. The lowest BCUT2D eigenvalue weighted by molar-refractivity contribution is 0.219. The van der Waals surface area contributed by atoms with Crippen molar-refractivity contribution >= 4 is 5.69 Å². The fraction of sp³-hybridized carbons (Fsp3) is 0.462. The van der Waals surface area contributed by atoms with Crippen LogP contribution in [0.15, 0.2) is 18.2 Å². The first-order chi connectivity index (χ1) is 8.08. The van der Waals surface area contributed by atoms with E-state index in [1.54, 1.807) is 25.3 Å². The minimum absolute atomic E-state index is 0.00553. The number of hydrogen-bond acceptors (Lipinski definition) is 4. The molecule has 0 heterocycles. The molecule has 1 unspecified atom stereocenters. The minimum Gasteiger partial charge on any atom is -0.497 e. The lowest BCUT2D eigenvalue weighted by atomic mass is 9.99. The molecule has 4 nitrogen and oxygen atoms in total. The molecule has 0 fully saturated rings. The minimum atomic E-state index is -0.433. The SMILES string of the molecule is CCC(C)(CO)Nc1cc(OC)ccc1C#N. The van der Waals surface area contributed by atoms with Gasteiger partial charge in [0.05, 0.1) is 30.5 Å². The zero-order valence-corrected chi connectivity index (χ0v) is 10.4. The standard InChI is InChI=1S/C13H18N2O2/c1-4-13(2,9-16)15-12-7-11(17-3)6-5-10(12)8-14/h5-7,15-16H,4,9H2,1-3H3. The van der Waals surface area contributed by atoms with Crippen molar-refractivity contribution in [3.63, 3.8) is 0 Å². The molecule has 0 spiro atoms. The van der Waals surface area contributed by atoms with Crippen molar-refractivity contribution < 1.29 is 9.84 Å². The van der Waals surface area contributed by atoms with Crippen molar-refractivity contribution in [1.82, 2.24) is 0 Å². The van der Waals surface area contributed by atoms with E-state index in [1.807, 2.05) is 13.8 Å². The summed E-state index contributed by atoms with van der Waals surface area (Å²) in [5, 5.41) is 21.6. The number of nitriles is 1. The van der Waals surface area contributed by atoms with E-state index in [0.717, 1.165) is 6.42 Å². The van der Waals surface area contributed by atoms with Crippen molar-refractivity contribution in [1.29, 1.82) is 5.26 Å². The molecule has 17 heavy (non-hydrogen) atoms. The highest BCUT2D eigenvalue weighted by molar-refractivity contribution is 5.61. The van der Waals surface area contributed by atoms with E-state index >= 15 is 0 Å². The number of hydrogen-bond donors (Lipinski definition) is 2. The zero-order chi connectivity index (χ0) is 12.9. The Kier molecular flexibility index (Phi) is 4.36. The van der Waals surface area contributed by atoms with Crippen LogP contribution in [0.1, 0.15) is 25.8 Å². The molecule has 1 rings (SSSR count). The number of aliphatic hydroxyl groups is 1. The normalized spacial score (nSPS) is 13.6. The maximum Gasteiger partial charge on any atom is 0.121 e. The summed E-state index contributed by atoms with van der Waals surface area (Å²) in [4.78, 5) is 0. The summed E-state index contributed by atoms with van der Waals surface area (Å²) in [7, 11) is 1.58. The van der Waals surface area contributed by atoms with Crippen molar-refractivity contribution in [2.75, 3.05) is 19.0 Å². The first-order valence-electron chi connectivity index (χ1n) is 5.55. The van der Waals surface area contributed by atoms with Gasteiger partial charge in [0.25, 0.3) is 0 Å². The second kappa shape index (κ2) is 5.55. The van der Waals surface area contributed by atoms with Crippen molar-refractivity contribution in [3.05, 3.63) is 23.8 Å². The average Bonchev–Trinajstić information content (AvgIpc) is 2.38. The first kappa shape index (κ1) is 13.3. The number of methoxy groups -OCH3 is 1. The number of nitrogens with one attached hydrogen (secondary N) is 1. The Morgan fingerprint density at radius 1 is 1.53 bits per heavy atom. The third kappa shape index (κ3) is 3.11. The van der Waals surface area contributed by atoms with Gasteiger partial charge in [-0.25, -0.2) is 0 Å². The van der Waals surface area contributed by atoms with Gasteiger partial charge in [-0.15, -0.1) is 0 Å². The van der Waals surface area contributed by atoms with Crippen molar-refractivity contribution in [2.45, 2.75) is 25.8 Å². The maximum atomic E-state index is 9.36. The number of aliphatic hydroxyl groups excluding tert-OH is 1. The van der Waals surface area contributed by atoms with Gasteiger partial charge < -0.3 is 15.2 Å². The highest BCUT2D eigenvalue weighted by atomic mass is 16.5. The number of ether oxygens (including phenoxy) is 1. The summed E-state index contributed by atoms with van der Waals surface area (Å²) in [5.74, 6) is 0.683. The molecule has 0 amide bonds. The Morgan fingerprint density at radius 2 is 2.24 bits per heavy atom. The lowest BCUT2D eigenvalue weighted by Crippen LogP contribution is -2.38. The van der Waals surface area contributed by atoms with Gasteiger partial charge in [-0.3, -0.25) is 0 Å². The summed E-state index contributed by atoms with van der Waals surface area (Å²) < 4.78 is 5.12. The molecular weight excluding hydrogens is 216 g/mol. The van der Waals surface area contributed by atoms with Crippen LogP contribution in [0.4, 0.5) is 5.69 Å². The summed E-state index contributed by atoms with van der Waals surface area (Å²) in [6, 6.07) is 7.33. The van der Waals surface area contributed by atoms with E-state index in [0.29, 0.717) is 17.0 Å². The molecule has 0 saturated heterocycles. The topological polar surface area (TPSA) is 65.3 Å². The number of nitrogens with zero attached hydrogens (tertiary/aromatic N) is 1. The molecule has 0 aliphatic carbocycles. The second-order valence-corrected chi connectivity index (χ2v) is 4.22. The third-order valence-electron chi connectivity index (χ3n) is 2.91. The van der Waals surface area contributed by atoms with Crippen LogP contribution in [-0.4, -0.2) is 24.4 Å². The molecule has 0 radical (unpaired) electrons.